The highest BCUT2D eigenvalue weighted by atomic mass is 32.2. The summed E-state index contributed by atoms with van der Waals surface area (Å²) in [6.07, 6.45) is -4.62. The highest BCUT2D eigenvalue weighted by Gasteiger charge is 2.41. The Bertz CT molecular complexity index is 1200. The summed E-state index contributed by atoms with van der Waals surface area (Å²) >= 11 is 0. The van der Waals surface area contributed by atoms with E-state index in [-0.39, 0.29) is 37.7 Å². The van der Waals surface area contributed by atoms with Crippen molar-refractivity contribution in [1.29, 1.82) is 0 Å². The van der Waals surface area contributed by atoms with Crippen LogP contribution in [-0.2, 0) is 37.1 Å². The summed E-state index contributed by atoms with van der Waals surface area (Å²) in [5.41, 5.74) is 0.945. The molecule has 12 heteroatoms. The molecular weight excluding hydrogens is 511 g/mol. The van der Waals surface area contributed by atoms with Gasteiger partial charge in [0.05, 0.1) is 10.5 Å². The minimum Gasteiger partial charge on any atom is -0.375 e. The van der Waals surface area contributed by atoms with Gasteiger partial charge < -0.3 is 15.0 Å². The zero-order chi connectivity index (χ0) is 27.4. The number of alkyl halides is 3. The van der Waals surface area contributed by atoms with Crippen molar-refractivity contribution in [1.82, 2.24) is 14.5 Å². The minimum atomic E-state index is -4.62. The third-order valence-corrected chi connectivity index (χ3v) is 8.08. The molecule has 1 saturated heterocycles. The first-order valence-electron chi connectivity index (χ1n) is 11.7. The van der Waals surface area contributed by atoms with Crippen LogP contribution in [0.4, 0.5) is 13.2 Å². The molecular formula is C25H30F3N3O5S. The number of hydrogen-bond donors (Lipinski definition) is 1. The molecule has 8 nitrogen and oxygen atoms in total. The Morgan fingerprint density at radius 1 is 1.05 bits per heavy atom. The van der Waals surface area contributed by atoms with Gasteiger partial charge in [-0.25, -0.2) is 8.42 Å². The molecule has 37 heavy (non-hydrogen) atoms. The normalized spacial score (nSPS) is 17.2. The highest BCUT2D eigenvalue weighted by molar-refractivity contribution is 7.89. The number of sulfonamides is 1. The lowest BCUT2D eigenvalue weighted by Gasteiger charge is -2.39. The number of amides is 2. The molecule has 1 aliphatic heterocycles. The minimum absolute atomic E-state index is 0.00248. The van der Waals surface area contributed by atoms with E-state index in [0.717, 1.165) is 27.6 Å². The number of hydrogen-bond acceptors (Lipinski definition) is 5. The largest absolute Gasteiger partial charge is 0.416 e. The van der Waals surface area contributed by atoms with Crippen molar-refractivity contribution in [3.63, 3.8) is 0 Å². The lowest BCUT2D eigenvalue weighted by molar-refractivity contribution is -0.139. The molecule has 0 aromatic heterocycles. The average Bonchev–Trinajstić information content (AvgIpc) is 2.86. The van der Waals surface area contributed by atoms with E-state index in [9.17, 15) is 31.2 Å². The molecule has 1 aliphatic rings. The van der Waals surface area contributed by atoms with E-state index in [1.54, 1.807) is 0 Å². The summed E-state index contributed by atoms with van der Waals surface area (Å²) in [5, 5.41) is 2.73. The van der Waals surface area contributed by atoms with Crippen molar-refractivity contribution in [3.05, 3.63) is 65.2 Å². The number of carbonyl (C=O) groups excluding carboxylic acids is 2. The van der Waals surface area contributed by atoms with Gasteiger partial charge in [-0.3, -0.25) is 9.59 Å². The number of halogens is 3. The maximum Gasteiger partial charge on any atom is 0.416 e. The zero-order valence-electron chi connectivity index (χ0n) is 20.8. The van der Waals surface area contributed by atoms with Crippen LogP contribution >= 0.6 is 0 Å². The number of benzene rings is 2. The molecule has 0 bridgehead atoms. The Hall–Kier alpha value is -2.96. The molecule has 0 spiro atoms. The number of methoxy groups -OCH3 is 1. The monoisotopic (exact) mass is 541 g/mol. The number of carbonyl (C=O) groups is 2. The van der Waals surface area contributed by atoms with E-state index in [1.165, 1.54) is 12.0 Å². The highest BCUT2D eigenvalue weighted by Crippen LogP contribution is 2.31. The third-order valence-electron chi connectivity index (χ3n) is 6.16. The molecule has 3 rings (SSSR count). The molecule has 1 fully saturated rings. The fourth-order valence-electron chi connectivity index (χ4n) is 3.99. The topological polar surface area (TPSA) is 96.0 Å². The van der Waals surface area contributed by atoms with Crippen LogP contribution in [0, 0.1) is 0 Å². The van der Waals surface area contributed by atoms with Crippen molar-refractivity contribution in [2.45, 2.75) is 43.4 Å². The Morgan fingerprint density at radius 3 is 2.22 bits per heavy atom. The summed E-state index contributed by atoms with van der Waals surface area (Å²) in [5.74, 6) is -0.694. The summed E-state index contributed by atoms with van der Waals surface area (Å²) < 4.78 is 71.4. The van der Waals surface area contributed by atoms with Gasteiger partial charge in [-0.05, 0) is 41.3 Å². The molecule has 1 heterocycles. The van der Waals surface area contributed by atoms with Gasteiger partial charge in [-0.1, -0.05) is 38.1 Å². The van der Waals surface area contributed by atoms with Crippen molar-refractivity contribution >= 4 is 21.8 Å². The van der Waals surface area contributed by atoms with E-state index in [1.807, 2.05) is 24.3 Å². The fourth-order valence-corrected chi connectivity index (χ4v) is 5.56. The number of nitrogens with one attached hydrogen (secondary N) is 1. The van der Waals surface area contributed by atoms with Crippen molar-refractivity contribution in [2.75, 3.05) is 33.4 Å². The van der Waals surface area contributed by atoms with E-state index in [2.05, 4.69) is 19.2 Å². The standard InChI is InChI=1S/C25H30F3N3O5S/c1-17(2)19-6-4-18(5-7-19)14-29-24(33)22-15-30(23(32)16-36-3)12-13-31(22)37(34,35)21-10-8-20(9-11-21)25(26,27)28/h4-11,17,22H,12-16H2,1-3H3,(H,29,33)/t22-/m1/s1. The molecule has 2 aromatic rings. The average molecular weight is 542 g/mol. The van der Waals surface area contributed by atoms with Crippen molar-refractivity contribution in [2.24, 2.45) is 0 Å². The van der Waals surface area contributed by atoms with Crippen LogP contribution in [-0.4, -0.2) is 68.8 Å². The maximum absolute atomic E-state index is 13.4. The molecule has 0 aliphatic carbocycles. The second kappa shape index (κ2) is 11.6. The van der Waals surface area contributed by atoms with Crippen LogP contribution in [0.2, 0.25) is 0 Å². The maximum atomic E-state index is 13.4. The van der Waals surface area contributed by atoms with Gasteiger partial charge >= 0.3 is 6.18 Å². The molecule has 0 radical (unpaired) electrons. The number of nitrogens with zero attached hydrogens (tertiary/aromatic N) is 2. The first-order chi connectivity index (χ1) is 17.3. The van der Waals surface area contributed by atoms with Crippen LogP contribution in [0.1, 0.15) is 36.5 Å². The van der Waals surface area contributed by atoms with E-state index >= 15 is 0 Å². The lowest BCUT2D eigenvalue weighted by Crippen LogP contribution is -2.61. The second-order valence-electron chi connectivity index (χ2n) is 9.04. The quantitative estimate of drug-likeness (QED) is 0.555. The summed E-state index contributed by atoms with van der Waals surface area (Å²) in [6.45, 7) is 3.59. The van der Waals surface area contributed by atoms with Gasteiger partial charge in [0.25, 0.3) is 0 Å². The number of rotatable bonds is 8. The Balaban J connectivity index is 1.84. The summed E-state index contributed by atoms with van der Waals surface area (Å²) in [4.78, 5) is 26.6. The first kappa shape index (κ1) is 28.6. The fraction of sp³-hybridized carbons (Fsp3) is 0.440. The van der Waals surface area contributed by atoms with Crippen molar-refractivity contribution in [3.8, 4) is 0 Å². The van der Waals surface area contributed by atoms with Crippen LogP contribution in [0.25, 0.3) is 0 Å². The van der Waals surface area contributed by atoms with Crippen LogP contribution in [0.5, 0.6) is 0 Å². The first-order valence-corrected chi connectivity index (χ1v) is 13.1. The lowest BCUT2D eigenvalue weighted by atomic mass is 10.0. The van der Waals surface area contributed by atoms with Gasteiger partial charge in [0, 0.05) is 33.3 Å². The van der Waals surface area contributed by atoms with Crippen LogP contribution in [0.3, 0.4) is 0 Å². The number of piperazine rings is 1. The predicted molar refractivity (Wildman–Crippen MR) is 130 cm³/mol. The molecule has 2 aromatic carbocycles. The Labute approximate surface area is 214 Å². The van der Waals surface area contributed by atoms with Crippen LogP contribution < -0.4 is 5.32 Å². The Morgan fingerprint density at radius 2 is 1.68 bits per heavy atom. The van der Waals surface area contributed by atoms with Crippen molar-refractivity contribution < 1.29 is 35.9 Å². The molecule has 202 valence electrons. The molecule has 1 N–H and O–H groups in total. The summed E-state index contributed by atoms with van der Waals surface area (Å²) in [6, 6.07) is 9.43. The predicted octanol–water partition coefficient (Wildman–Crippen LogP) is 2.99. The van der Waals surface area contributed by atoms with Gasteiger partial charge in [-0.2, -0.15) is 17.5 Å². The van der Waals surface area contributed by atoms with E-state index < -0.39 is 39.6 Å². The van der Waals surface area contributed by atoms with Gasteiger partial charge in [-0.15, -0.1) is 0 Å². The number of ether oxygens (including phenoxy) is 1. The third kappa shape index (κ3) is 6.88. The molecule has 2 amide bonds. The SMILES string of the molecule is COCC(=O)N1CCN(S(=O)(=O)c2ccc(C(F)(F)F)cc2)[C@@H](C(=O)NCc2ccc(C(C)C)cc2)C1. The molecule has 1 atom stereocenters. The Kier molecular flexibility index (Phi) is 8.98. The molecule has 0 unspecified atom stereocenters. The van der Waals surface area contributed by atoms with E-state index in [0.29, 0.717) is 18.1 Å². The van der Waals surface area contributed by atoms with Crippen LogP contribution in [0.15, 0.2) is 53.4 Å². The smallest absolute Gasteiger partial charge is 0.375 e. The van der Waals surface area contributed by atoms with Gasteiger partial charge in [0.15, 0.2) is 0 Å². The van der Waals surface area contributed by atoms with E-state index in [4.69, 9.17) is 4.74 Å². The second-order valence-corrected chi connectivity index (χ2v) is 10.9. The summed E-state index contributed by atoms with van der Waals surface area (Å²) in [7, 11) is -3.00. The zero-order valence-corrected chi connectivity index (χ0v) is 21.6. The van der Waals surface area contributed by atoms with Gasteiger partial charge in [0.1, 0.15) is 12.6 Å². The van der Waals surface area contributed by atoms with Gasteiger partial charge in [0.2, 0.25) is 21.8 Å². The molecule has 0 saturated carbocycles.